The van der Waals surface area contributed by atoms with E-state index in [-0.39, 0.29) is 5.25 Å². The molecule has 1 aliphatic heterocycles. The minimum absolute atomic E-state index is 0.284. The predicted octanol–water partition coefficient (Wildman–Crippen LogP) is 5.85. The average Bonchev–Trinajstić information content (AvgIpc) is 3.36. The summed E-state index contributed by atoms with van der Waals surface area (Å²) in [4.78, 5) is 12.6. The number of hydrogen-bond donors (Lipinski definition) is 1. The first-order valence-corrected chi connectivity index (χ1v) is 14.4. The van der Waals surface area contributed by atoms with Crippen molar-refractivity contribution < 1.29 is 23.1 Å². The van der Waals surface area contributed by atoms with Crippen LogP contribution in [0.5, 0.6) is 0 Å². The Morgan fingerprint density at radius 3 is 2.19 bits per heavy atom. The first-order chi connectivity index (χ1) is 16.8. The zero-order chi connectivity index (χ0) is 26.4. The molecule has 1 fully saturated rings. The summed E-state index contributed by atoms with van der Waals surface area (Å²) in [6.45, 7) is 12.3. The molecule has 2 aliphatic rings. The largest absolute Gasteiger partial charge is 0.479 e. The molecular formula is C29H39NO5S. The Morgan fingerprint density at radius 2 is 1.64 bits per heavy atom. The first-order valence-electron chi connectivity index (χ1n) is 12.9. The lowest BCUT2D eigenvalue weighted by Gasteiger charge is -2.36. The molecule has 1 aliphatic carbocycles. The van der Waals surface area contributed by atoms with Crippen LogP contribution in [0.15, 0.2) is 24.3 Å². The molecule has 7 heteroatoms. The maximum atomic E-state index is 13.4. The van der Waals surface area contributed by atoms with Crippen LogP contribution in [0.25, 0.3) is 11.1 Å². The monoisotopic (exact) mass is 513 g/mol. The molecule has 0 aromatic heterocycles. The molecule has 2 aromatic carbocycles. The number of aliphatic carboxylic acids is 1. The molecule has 0 spiro atoms. The van der Waals surface area contributed by atoms with Crippen LogP contribution in [-0.2, 0) is 32.5 Å². The van der Waals surface area contributed by atoms with Gasteiger partial charge >= 0.3 is 5.97 Å². The summed E-state index contributed by atoms with van der Waals surface area (Å²) in [7, 11) is -3.37. The van der Waals surface area contributed by atoms with Crippen molar-refractivity contribution in [3.05, 3.63) is 57.6 Å². The van der Waals surface area contributed by atoms with Crippen molar-refractivity contribution in [2.24, 2.45) is 0 Å². The van der Waals surface area contributed by atoms with Gasteiger partial charge in [-0.3, -0.25) is 0 Å². The summed E-state index contributed by atoms with van der Waals surface area (Å²) >= 11 is 0. The molecule has 0 amide bonds. The number of aryl methyl sites for hydroxylation is 1. The fraction of sp³-hybridized carbons (Fsp3) is 0.552. The zero-order valence-electron chi connectivity index (χ0n) is 22.3. The number of fused-ring (bicyclic) bond motifs is 1. The van der Waals surface area contributed by atoms with Gasteiger partial charge in [-0.05, 0) is 94.2 Å². The molecule has 36 heavy (non-hydrogen) atoms. The molecular weight excluding hydrogens is 474 g/mol. The smallest absolute Gasteiger partial charge is 0.337 e. The zero-order valence-corrected chi connectivity index (χ0v) is 23.2. The lowest BCUT2D eigenvalue weighted by Crippen LogP contribution is -2.41. The van der Waals surface area contributed by atoms with Gasteiger partial charge in [0.15, 0.2) is 6.10 Å². The van der Waals surface area contributed by atoms with Crippen LogP contribution >= 0.6 is 0 Å². The van der Waals surface area contributed by atoms with Gasteiger partial charge in [0, 0.05) is 18.7 Å². The van der Waals surface area contributed by atoms with Gasteiger partial charge in [0.1, 0.15) is 0 Å². The number of nitrogens with zero attached hydrogens (tertiary/aromatic N) is 1. The Labute approximate surface area is 215 Å². The fourth-order valence-electron chi connectivity index (χ4n) is 5.82. The lowest BCUT2D eigenvalue weighted by atomic mass is 9.80. The highest BCUT2D eigenvalue weighted by molar-refractivity contribution is 7.89. The number of hydrogen-bond acceptors (Lipinski definition) is 4. The molecule has 1 atom stereocenters. The van der Waals surface area contributed by atoms with Crippen LogP contribution in [0.3, 0.4) is 0 Å². The summed E-state index contributed by atoms with van der Waals surface area (Å²) in [6, 6.07) is 8.06. The number of carboxylic acid groups (broad SMARTS) is 1. The number of sulfonamides is 1. The highest BCUT2D eigenvalue weighted by atomic mass is 32.2. The van der Waals surface area contributed by atoms with Crippen LogP contribution < -0.4 is 0 Å². The average molecular weight is 514 g/mol. The van der Waals surface area contributed by atoms with E-state index in [0.717, 1.165) is 64.6 Å². The van der Waals surface area contributed by atoms with Crippen LogP contribution in [0.2, 0.25) is 0 Å². The highest BCUT2D eigenvalue weighted by Gasteiger charge is 2.39. The first kappa shape index (κ1) is 26.8. The molecule has 196 valence electrons. The van der Waals surface area contributed by atoms with Gasteiger partial charge in [0.25, 0.3) is 0 Å². The summed E-state index contributed by atoms with van der Waals surface area (Å²) in [6.07, 6.45) is 2.85. The van der Waals surface area contributed by atoms with E-state index in [1.54, 1.807) is 4.31 Å². The van der Waals surface area contributed by atoms with Crippen LogP contribution in [0.4, 0.5) is 0 Å². The van der Waals surface area contributed by atoms with E-state index in [1.807, 2.05) is 65.8 Å². The van der Waals surface area contributed by atoms with Crippen molar-refractivity contribution in [2.45, 2.75) is 97.1 Å². The van der Waals surface area contributed by atoms with Crippen molar-refractivity contribution in [1.29, 1.82) is 0 Å². The minimum Gasteiger partial charge on any atom is -0.479 e. The van der Waals surface area contributed by atoms with Gasteiger partial charge in [-0.2, -0.15) is 4.31 Å². The summed E-state index contributed by atoms with van der Waals surface area (Å²) in [5.41, 5.74) is 6.76. The maximum absolute atomic E-state index is 13.4. The number of carboxylic acids is 1. The third-order valence-electron chi connectivity index (χ3n) is 7.65. The lowest BCUT2D eigenvalue weighted by molar-refractivity contribution is -0.160. The van der Waals surface area contributed by atoms with Gasteiger partial charge in [0.2, 0.25) is 10.0 Å². The topological polar surface area (TPSA) is 83.9 Å². The standard InChI is InChI=1S/C29H39NO5S/c1-18-11-13-21(14-12-18)25-20(3)24-17-30(36(33,34)22-9-7-8-10-22)16-15-23(24)19(2)26(25)27(28(31)32)35-29(4,5)6/h11-14,22,27H,7-10,15-17H2,1-6H3,(H,31,32)/t27-/m0/s1. The molecule has 0 saturated heterocycles. The van der Waals surface area contributed by atoms with Crippen LogP contribution in [-0.4, -0.2) is 41.2 Å². The molecule has 0 radical (unpaired) electrons. The Balaban J connectivity index is 1.91. The second kappa shape index (κ2) is 9.92. The second-order valence-corrected chi connectivity index (χ2v) is 13.6. The van der Waals surface area contributed by atoms with E-state index in [1.165, 1.54) is 0 Å². The second-order valence-electron chi connectivity index (χ2n) is 11.3. The Bertz CT molecular complexity index is 1250. The Kier molecular flexibility index (Phi) is 7.39. The molecule has 1 saturated carbocycles. The highest BCUT2D eigenvalue weighted by Crippen LogP contribution is 2.43. The molecule has 1 heterocycles. The fourth-order valence-corrected chi connectivity index (χ4v) is 7.83. The van der Waals surface area contributed by atoms with Crippen LogP contribution in [0.1, 0.15) is 85.9 Å². The quantitative estimate of drug-likeness (QED) is 0.524. The minimum atomic E-state index is -3.37. The summed E-state index contributed by atoms with van der Waals surface area (Å²) < 4.78 is 34.7. The molecule has 6 nitrogen and oxygen atoms in total. The molecule has 4 rings (SSSR count). The van der Waals surface area contributed by atoms with Crippen LogP contribution in [0, 0.1) is 20.8 Å². The third-order valence-corrected chi connectivity index (χ3v) is 9.99. The van der Waals surface area contributed by atoms with E-state index in [2.05, 4.69) is 0 Å². The normalized spacial score (nSPS) is 18.3. The third kappa shape index (κ3) is 5.11. The van der Waals surface area contributed by atoms with Gasteiger partial charge in [-0.25, -0.2) is 13.2 Å². The van der Waals surface area contributed by atoms with Crippen molar-refractivity contribution in [2.75, 3.05) is 6.54 Å². The van der Waals surface area contributed by atoms with Gasteiger partial charge in [-0.1, -0.05) is 42.7 Å². The Morgan fingerprint density at radius 1 is 1.03 bits per heavy atom. The molecule has 1 N–H and O–H groups in total. The van der Waals surface area contributed by atoms with Gasteiger partial charge in [-0.15, -0.1) is 0 Å². The summed E-state index contributed by atoms with van der Waals surface area (Å²) in [5.74, 6) is -1.03. The molecule has 2 aromatic rings. The predicted molar refractivity (Wildman–Crippen MR) is 143 cm³/mol. The van der Waals surface area contributed by atoms with E-state index in [0.29, 0.717) is 25.1 Å². The van der Waals surface area contributed by atoms with Crippen molar-refractivity contribution in [1.82, 2.24) is 4.31 Å². The molecule has 0 bridgehead atoms. The number of rotatable bonds is 6. The molecule has 0 unspecified atom stereocenters. The van der Waals surface area contributed by atoms with Crippen molar-refractivity contribution >= 4 is 16.0 Å². The number of benzene rings is 2. The maximum Gasteiger partial charge on any atom is 0.337 e. The van der Waals surface area contributed by atoms with Gasteiger partial charge in [0.05, 0.1) is 10.9 Å². The van der Waals surface area contributed by atoms with E-state index < -0.39 is 27.7 Å². The van der Waals surface area contributed by atoms with E-state index >= 15 is 0 Å². The van der Waals surface area contributed by atoms with Gasteiger partial charge < -0.3 is 9.84 Å². The number of ether oxygens (including phenoxy) is 1. The van der Waals surface area contributed by atoms with E-state index in [4.69, 9.17) is 4.74 Å². The Hall–Kier alpha value is -2.22. The van der Waals surface area contributed by atoms with Crippen molar-refractivity contribution in [3.63, 3.8) is 0 Å². The summed E-state index contributed by atoms with van der Waals surface area (Å²) in [5, 5.41) is 10.00. The van der Waals surface area contributed by atoms with Crippen molar-refractivity contribution in [3.8, 4) is 11.1 Å². The SMILES string of the molecule is Cc1ccc(-c2c(C)c3c(c(C)c2[C@H](OC(C)(C)C)C(=O)O)CCN(S(=O)(=O)C2CCCC2)C3)cc1. The van der Waals surface area contributed by atoms with E-state index in [9.17, 15) is 18.3 Å². The number of carbonyl (C=O) groups is 1.